The van der Waals surface area contributed by atoms with Crippen LogP contribution < -0.4 is 4.90 Å². The molecule has 0 aliphatic carbocycles. The highest BCUT2D eigenvalue weighted by atomic mass is 79.9. The molecule has 0 radical (unpaired) electrons. The summed E-state index contributed by atoms with van der Waals surface area (Å²) in [4.78, 5) is 6.48. The van der Waals surface area contributed by atoms with Gasteiger partial charge in [-0.1, -0.05) is 0 Å². The Morgan fingerprint density at radius 3 is 2.79 bits per heavy atom. The van der Waals surface area contributed by atoms with Gasteiger partial charge in [-0.15, -0.1) is 0 Å². The molecule has 0 unspecified atom stereocenters. The number of rotatable bonds is 1. The van der Waals surface area contributed by atoms with E-state index >= 15 is 0 Å². The summed E-state index contributed by atoms with van der Waals surface area (Å²) >= 11 is 3.47. The van der Waals surface area contributed by atoms with Crippen molar-refractivity contribution in [1.82, 2.24) is 4.98 Å². The van der Waals surface area contributed by atoms with Gasteiger partial charge in [-0.05, 0) is 28.1 Å². The van der Waals surface area contributed by atoms with Crippen molar-refractivity contribution in [2.75, 3.05) is 29.5 Å². The zero-order valence-corrected chi connectivity index (χ0v) is 10.1. The molecule has 0 spiro atoms. The van der Waals surface area contributed by atoms with Gasteiger partial charge < -0.3 is 4.90 Å². The molecule has 0 bridgehead atoms. The predicted molar refractivity (Wildman–Crippen MR) is 62.0 cm³/mol. The maximum atomic E-state index is 11.2. The van der Waals surface area contributed by atoms with Gasteiger partial charge in [0.25, 0.3) is 0 Å². The van der Waals surface area contributed by atoms with Crippen LogP contribution in [0.2, 0.25) is 0 Å². The van der Waals surface area contributed by atoms with Gasteiger partial charge in [-0.2, -0.15) is 0 Å². The fourth-order valence-electron chi connectivity index (χ4n) is 1.46. The minimum absolute atomic E-state index is 0.626. The Bertz CT molecular complexity index is 348. The maximum absolute atomic E-state index is 11.2. The summed E-state index contributed by atoms with van der Waals surface area (Å²) in [5.74, 6) is 2.47. The molecule has 0 saturated carbocycles. The average Bonchev–Trinajstić information content (AvgIpc) is 2.20. The van der Waals surface area contributed by atoms with Crippen LogP contribution in [0.25, 0.3) is 0 Å². The summed E-state index contributed by atoms with van der Waals surface area (Å²) < 4.78 is 12.2. The van der Waals surface area contributed by atoms with Crippen molar-refractivity contribution in [3.63, 3.8) is 0 Å². The highest BCUT2D eigenvalue weighted by Gasteiger charge is 2.17. The van der Waals surface area contributed by atoms with Crippen molar-refractivity contribution in [3.05, 3.63) is 22.8 Å². The lowest BCUT2D eigenvalue weighted by atomic mass is 10.4. The first kappa shape index (κ1) is 10.1. The molecule has 1 aliphatic heterocycles. The summed E-state index contributed by atoms with van der Waals surface area (Å²) in [5, 5.41) is 0. The minimum atomic E-state index is -0.626. The van der Waals surface area contributed by atoms with Gasteiger partial charge in [-0.3, -0.25) is 4.21 Å². The van der Waals surface area contributed by atoms with Crippen molar-refractivity contribution in [2.24, 2.45) is 0 Å². The monoisotopic (exact) mass is 274 g/mol. The number of halogens is 1. The normalized spacial score (nSPS) is 18.5. The summed E-state index contributed by atoms with van der Waals surface area (Å²) in [5.41, 5.74) is 0. The van der Waals surface area contributed by atoms with Gasteiger partial charge in [-0.25, -0.2) is 4.98 Å². The second-order valence-electron chi connectivity index (χ2n) is 3.14. The van der Waals surface area contributed by atoms with E-state index in [0.29, 0.717) is 0 Å². The number of nitrogens with zero attached hydrogens (tertiary/aromatic N) is 2. The number of anilines is 1. The third-order valence-electron chi connectivity index (χ3n) is 2.22. The fourth-order valence-corrected chi connectivity index (χ4v) is 3.02. The van der Waals surface area contributed by atoms with Crippen molar-refractivity contribution in [2.45, 2.75) is 0 Å². The second kappa shape index (κ2) is 4.40. The van der Waals surface area contributed by atoms with Crippen molar-refractivity contribution >= 4 is 32.5 Å². The standard InChI is InChI=1S/C9H11BrN2OS/c10-8-2-1-3-11-9(8)12-4-6-14(13)7-5-12/h1-3H,4-7H2. The molecule has 5 heteroatoms. The fraction of sp³-hybridized carbons (Fsp3) is 0.444. The zero-order chi connectivity index (χ0) is 9.97. The van der Waals surface area contributed by atoms with E-state index in [4.69, 9.17) is 0 Å². The Hall–Kier alpha value is -0.420. The van der Waals surface area contributed by atoms with Crippen LogP contribution in [0, 0.1) is 0 Å². The van der Waals surface area contributed by atoms with Crippen LogP contribution in [0.15, 0.2) is 22.8 Å². The second-order valence-corrected chi connectivity index (χ2v) is 5.69. The molecule has 0 N–H and O–H groups in total. The Labute approximate surface area is 94.1 Å². The summed E-state index contributed by atoms with van der Waals surface area (Å²) in [7, 11) is -0.626. The molecule has 2 heterocycles. The molecular weight excluding hydrogens is 264 g/mol. The number of hydrogen-bond donors (Lipinski definition) is 0. The van der Waals surface area contributed by atoms with Crippen LogP contribution in [0.3, 0.4) is 0 Å². The summed E-state index contributed by atoms with van der Waals surface area (Å²) in [6.45, 7) is 1.67. The molecule has 0 aromatic carbocycles. The molecular formula is C9H11BrN2OS. The molecule has 0 atom stereocenters. The first-order valence-electron chi connectivity index (χ1n) is 4.48. The van der Waals surface area contributed by atoms with E-state index in [0.717, 1.165) is 34.9 Å². The largest absolute Gasteiger partial charge is 0.354 e. The van der Waals surface area contributed by atoms with Gasteiger partial charge in [0.15, 0.2) is 0 Å². The lowest BCUT2D eigenvalue weighted by Gasteiger charge is -2.27. The maximum Gasteiger partial charge on any atom is 0.142 e. The van der Waals surface area contributed by atoms with E-state index < -0.39 is 10.8 Å². The number of aromatic nitrogens is 1. The summed E-state index contributed by atoms with van der Waals surface area (Å²) in [6.07, 6.45) is 1.78. The number of hydrogen-bond acceptors (Lipinski definition) is 3. The van der Waals surface area contributed by atoms with Gasteiger partial charge >= 0.3 is 0 Å². The van der Waals surface area contributed by atoms with E-state index in [1.807, 2.05) is 12.1 Å². The quantitative estimate of drug-likeness (QED) is 0.777. The lowest BCUT2D eigenvalue weighted by Crippen LogP contribution is -2.38. The highest BCUT2D eigenvalue weighted by Crippen LogP contribution is 2.23. The van der Waals surface area contributed by atoms with E-state index in [9.17, 15) is 4.21 Å². The van der Waals surface area contributed by atoms with Crippen LogP contribution in [-0.4, -0.2) is 33.8 Å². The Kier molecular flexibility index (Phi) is 3.18. The van der Waals surface area contributed by atoms with Crippen LogP contribution in [0.1, 0.15) is 0 Å². The third-order valence-corrected chi connectivity index (χ3v) is 4.11. The van der Waals surface area contributed by atoms with Crippen molar-refractivity contribution in [1.29, 1.82) is 0 Å². The van der Waals surface area contributed by atoms with Crippen LogP contribution >= 0.6 is 15.9 Å². The Morgan fingerprint density at radius 2 is 2.14 bits per heavy atom. The van der Waals surface area contributed by atoms with Crippen molar-refractivity contribution < 1.29 is 4.21 Å². The molecule has 1 fully saturated rings. The van der Waals surface area contributed by atoms with Gasteiger partial charge in [0.2, 0.25) is 0 Å². The van der Waals surface area contributed by atoms with Crippen LogP contribution in [-0.2, 0) is 10.8 Å². The molecule has 0 amide bonds. The minimum Gasteiger partial charge on any atom is -0.354 e. The van der Waals surface area contributed by atoms with E-state index in [-0.39, 0.29) is 0 Å². The van der Waals surface area contributed by atoms with Gasteiger partial charge in [0, 0.05) is 41.6 Å². The van der Waals surface area contributed by atoms with E-state index in [2.05, 4.69) is 25.8 Å². The van der Waals surface area contributed by atoms with E-state index in [1.165, 1.54) is 0 Å². The zero-order valence-electron chi connectivity index (χ0n) is 7.65. The summed E-state index contributed by atoms with van der Waals surface area (Å²) in [6, 6.07) is 3.88. The molecule has 14 heavy (non-hydrogen) atoms. The molecule has 1 saturated heterocycles. The Balaban J connectivity index is 2.16. The average molecular weight is 275 g/mol. The molecule has 3 nitrogen and oxygen atoms in total. The SMILES string of the molecule is O=S1CCN(c2ncccc2Br)CC1. The van der Waals surface area contributed by atoms with E-state index in [1.54, 1.807) is 6.20 Å². The van der Waals surface area contributed by atoms with Crippen LogP contribution in [0.5, 0.6) is 0 Å². The first-order chi connectivity index (χ1) is 6.77. The van der Waals surface area contributed by atoms with Crippen LogP contribution in [0.4, 0.5) is 5.82 Å². The highest BCUT2D eigenvalue weighted by molar-refractivity contribution is 9.10. The van der Waals surface area contributed by atoms with Gasteiger partial charge in [0.1, 0.15) is 5.82 Å². The molecule has 1 aliphatic rings. The smallest absolute Gasteiger partial charge is 0.142 e. The predicted octanol–water partition coefficient (Wildman–Crippen LogP) is 1.41. The van der Waals surface area contributed by atoms with Crippen molar-refractivity contribution in [3.8, 4) is 0 Å². The van der Waals surface area contributed by atoms with Gasteiger partial charge in [0.05, 0.1) is 4.47 Å². The first-order valence-corrected chi connectivity index (χ1v) is 6.76. The molecule has 1 aromatic rings. The molecule has 76 valence electrons. The number of pyridine rings is 1. The molecule has 2 rings (SSSR count). The topological polar surface area (TPSA) is 33.2 Å². The molecule has 1 aromatic heterocycles. The third kappa shape index (κ3) is 2.15. The Morgan fingerprint density at radius 1 is 1.43 bits per heavy atom. The lowest BCUT2D eigenvalue weighted by molar-refractivity contribution is 0.672.